The lowest BCUT2D eigenvalue weighted by atomic mass is 10.2. The molecule has 2 rings (SSSR count). The third kappa shape index (κ3) is 3.99. The molecule has 106 valence electrons. The van der Waals surface area contributed by atoms with Crippen LogP contribution in [0.25, 0.3) is 0 Å². The zero-order valence-corrected chi connectivity index (χ0v) is 11.8. The van der Waals surface area contributed by atoms with Gasteiger partial charge in [-0.25, -0.2) is 0 Å². The lowest BCUT2D eigenvalue weighted by Gasteiger charge is -2.13. The summed E-state index contributed by atoms with van der Waals surface area (Å²) in [5, 5.41) is 4.08. The molecule has 2 aromatic carbocycles. The van der Waals surface area contributed by atoms with E-state index in [1.165, 1.54) is 6.07 Å². The van der Waals surface area contributed by atoms with Gasteiger partial charge in [-0.05, 0) is 24.3 Å². The molecule has 0 atom stereocenters. The summed E-state index contributed by atoms with van der Waals surface area (Å²) >= 11 is 11.9. The highest BCUT2D eigenvalue weighted by Gasteiger charge is 2.09. The topological polar surface area (TPSA) is 21.3 Å². The Morgan fingerprint density at radius 3 is 2.60 bits per heavy atom. The monoisotopic (exact) mass is 317 g/mol. The first-order chi connectivity index (χ1) is 9.56. The second-order valence-corrected chi connectivity index (χ2v) is 4.81. The summed E-state index contributed by atoms with van der Waals surface area (Å²) in [4.78, 5) is 0. The van der Waals surface area contributed by atoms with Crippen molar-refractivity contribution in [1.82, 2.24) is 0 Å². The fourth-order valence-electron chi connectivity index (χ4n) is 1.68. The predicted octanol–water partition coefficient (Wildman–Crippen LogP) is 5.21. The van der Waals surface area contributed by atoms with Crippen LogP contribution in [-0.2, 0) is 6.54 Å². The molecule has 20 heavy (non-hydrogen) atoms. The van der Waals surface area contributed by atoms with Gasteiger partial charge in [0.2, 0.25) is 0 Å². The number of hydrogen-bond donors (Lipinski definition) is 1. The van der Waals surface area contributed by atoms with Gasteiger partial charge in [-0.2, -0.15) is 8.78 Å². The van der Waals surface area contributed by atoms with Crippen LogP contribution < -0.4 is 10.1 Å². The van der Waals surface area contributed by atoms with E-state index in [1.807, 2.05) is 0 Å². The van der Waals surface area contributed by atoms with Crippen LogP contribution in [0.4, 0.5) is 14.5 Å². The predicted molar refractivity (Wildman–Crippen MR) is 76.9 cm³/mol. The van der Waals surface area contributed by atoms with Gasteiger partial charge in [-0.3, -0.25) is 0 Å². The van der Waals surface area contributed by atoms with Crippen molar-refractivity contribution in [2.45, 2.75) is 13.2 Å². The Hall–Kier alpha value is -1.52. The van der Waals surface area contributed by atoms with E-state index >= 15 is 0 Å². The molecule has 0 bridgehead atoms. The zero-order chi connectivity index (χ0) is 14.5. The number of hydrogen-bond acceptors (Lipinski definition) is 2. The van der Waals surface area contributed by atoms with Crippen molar-refractivity contribution in [2.24, 2.45) is 0 Å². The molecular formula is C14H11Cl2F2NO. The summed E-state index contributed by atoms with van der Waals surface area (Å²) in [5.74, 6) is 0.133. The summed E-state index contributed by atoms with van der Waals surface area (Å²) in [7, 11) is 0. The van der Waals surface area contributed by atoms with Gasteiger partial charge in [0.05, 0.1) is 10.7 Å². The molecule has 0 fully saturated rings. The van der Waals surface area contributed by atoms with Crippen molar-refractivity contribution < 1.29 is 13.5 Å². The van der Waals surface area contributed by atoms with Gasteiger partial charge >= 0.3 is 6.61 Å². The number of benzene rings is 2. The van der Waals surface area contributed by atoms with Gasteiger partial charge in [-0.1, -0.05) is 41.4 Å². The first kappa shape index (κ1) is 14.9. The molecule has 6 heteroatoms. The highest BCUT2D eigenvalue weighted by Crippen LogP contribution is 2.27. The normalized spacial score (nSPS) is 10.7. The third-order valence-electron chi connectivity index (χ3n) is 2.59. The molecule has 0 aromatic heterocycles. The van der Waals surface area contributed by atoms with Crippen LogP contribution in [0.5, 0.6) is 5.75 Å². The second kappa shape index (κ2) is 6.77. The van der Waals surface area contributed by atoms with E-state index in [4.69, 9.17) is 23.2 Å². The van der Waals surface area contributed by atoms with Crippen LogP contribution in [0.3, 0.4) is 0 Å². The Balaban J connectivity index is 2.12. The van der Waals surface area contributed by atoms with E-state index in [0.717, 1.165) is 0 Å². The average Bonchev–Trinajstić information content (AvgIpc) is 2.41. The van der Waals surface area contributed by atoms with Gasteiger partial charge in [-0.15, -0.1) is 0 Å². The fraction of sp³-hybridized carbons (Fsp3) is 0.143. The number of rotatable bonds is 5. The van der Waals surface area contributed by atoms with Crippen LogP contribution in [-0.4, -0.2) is 6.61 Å². The Kier molecular flexibility index (Phi) is 5.04. The van der Waals surface area contributed by atoms with E-state index in [2.05, 4.69) is 10.1 Å². The van der Waals surface area contributed by atoms with E-state index in [1.54, 1.807) is 36.4 Å². The van der Waals surface area contributed by atoms with Crippen molar-refractivity contribution in [3.05, 3.63) is 58.1 Å². The molecule has 0 heterocycles. The van der Waals surface area contributed by atoms with Crippen LogP contribution in [0.1, 0.15) is 5.56 Å². The molecular weight excluding hydrogens is 307 g/mol. The van der Waals surface area contributed by atoms with E-state index in [9.17, 15) is 8.78 Å². The van der Waals surface area contributed by atoms with Crippen LogP contribution in [0.15, 0.2) is 42.5 Å². The molecule has 0 amide bonds. The standard InChI is InChI=1S/C14H11Cl2F2NO/c15-10-5-6-11(16)12(7-10)19-8-9-3-1-2-4-13(9)20-14(17)18/h1-7,14,19H,8H2. The smallest absolute Gasteiger partial charge is 0.387 e. The van der Waals surface area contributed by atoms with Crippen molar-refractivity contribution in [3.63, 3.8) is 0 Å². The molecule has 2 aromatic rings. The molecule has 0 saturated heterocycles. The number of alkyl halides is 2. The van der Waals surface area contributed by atoms with Crippen LogP contribution >= 0.6 is 23.2 Å². The molecule has 0 saturated carbocycles. The summed E-state index contributed by atoms with van der Waals surface area (Å²) in [5.41, 5.74) is 1.23. The van der Waals surface area contributed by atoms with Crippen LogP contribution in [0, 0.1) is 0 Å². The number of anilines is 1. The molecule has 0 radical (unpaired) electrons. The fourth-order valence-corrected chi connectivity index (χ4v) is 2.04. The molecule has 0 aliphatic rings. The summed E-state index contributed by atoms with van der Waals surface area (Å²) < 4.78 is 29.1. The lowest BCUT2D eigenvalue weighted by Crippen LogP contribution is -2.07. The van der Waals surface area contributed by atoms with Crippen molar-refractivity contribution in [1.29, 1.82) is 0 Å². The van der Waals surface area contributed by atoms with Gasteiger partial charge in [0.25, 0.3) is 0 Å². The van der Waals surface area contributed by atoms with Gasteiger partial charge in [0.1, 0.15) is 5.75 Å². The Morgan fingerprint density at radius 2 is 1.85 bits per heavy atom. The minimum absolute atomic E-state index is 0.133. The second-order valence-electron chi connectivity index (χ2n) is 3.96. The number of nitrogens with one attached hydrogen (secondary N) is 1. The Morgan fingerprint density at radius 1 is 1.10 bits per heavy atom. The van der Waals surface area contributed by atoms with Gasteiger partial charge in [0, 0.05) is 17.1 Å². The highest BCUT2D eigenvalue weighted by molar-refractivity contribution is 6.35. The van der Waals surface area contributed by atoms with Crippen molar-refractivity contribution >= 4 is 28.9 Å². The molecule has 0 spiro atoms. The lowest BCUT2D eigenvalue weighted by molar-refractivity contribution is -0.0504. The summed E-state index contributed by atoms with van der Waals surface area (Å²) in [6.07, 6.45) is 0. The maximum Gasteiger partial charge on any atom is 0.387 e. The summed E-state index contributed by atoms with van der Waals surface area (Å²) in [6, 6.07) is 11.6. The maximum atomic E-state index is 12.3. The molecule has 0 unspecified atom stereocenters. The molecule has 0 aliphatic carbocycles. The highest BCUT2D eigenvalue weighted by atomic mass is 35.5. The molecule has 1 N–H and O–H groups in total. The third-order valence-corrected chi connectivity index (χ3v) is 3.15. The number of halogens is 4. The first-order valence-electron chi connectivity index (χ1n) is 5.78. The first-order valence-corrected chi connectivity index (χ1v) is 6.53. The van der Waals surface area contributed by atoms with E-state index < -0.39 is 6.61 Å². The van der Waals surface area contributed by atoms with Gasteiger partial charge in [0.15, 0.2) is 0 Å². The number of para-hydroxylation sites is 1. The maximum absolute atomic E-state index is 12.3. The van der Waals surface area contributed by atoms with E-state index in [0.29, 0.717) is 27.8 Å². The summed E-state index contributed by atoms with van der Waals surface area (Å²) in [6.45, 7) is -2.56. The minimum Gasteiger partial charge on any atom is -0.434 e. The molecule has 0 aliphatic heterocycles. The minimum atomic E-state index is -2.86. The number of ether oxygens (including phenoxy) is 1. The van der Waals surface area contributed by atoms with Gasteiger partial charge < -0.3 is 10.1 Å². The van der Waals surface area contributed by atoms with Crippen molar-refractivity contribution in [2.75, 3.05) is 5.32 Å². The zero-order valence-electron chi connectivity index (χ0n) is 10.2. The van der Waals surface area contributed by atoms with Crippen molar-refractivity contribution in [3.8, 4) is 5.75 Å². The molecule has 2 nitrogen and oxygen atoms in total. The van der Waals surface area contributed by atoms with E-state index in [-0.39, 0.29) is 5.75 Å². The van der Waals surface area contributed by atoms with Crippen LogP contribution in [0.2, 0.25) is 10.0 Å². The SMILES string of the molecule is FC(F)Oc1ccccc1CNc1cc(Cl)ccc1Cl. The average molecular weight is 318 g/mol. The Labute approximate surface area is 125 Å². The Bertz CT molecular complexity index is 593. The quantitative estimate of drug-likeness (QED) is 0.817. The largest absolute Gasteiger partial charge is 0.434 e.